The van der Waals surface area contributed by atoms with Crippen molar-refractivity contribution >= 4 is 11.6 Å². The maximum atomic E-state index is 12.3. The summed E-state index contributed by atoms with van der Waals surface area (Å²) >= 11 is 0. The number of anilines is 1. The Kier molecular flexibility index (Phi) is 3.55. The van der Waals surface area contributed by atoms with Crippen LogP contribution in [-0.2, 0) is 4.79 Å². The number of nitrogens with one attached hydrogen (secondary N) is 1. The van der Waals surface area contributed by atoms with Crippen molar-refractivity contribution in [2.45, 2.75) is 33.6 Å². The summed E-state index contributed by atoms with van der Waals surface area (Å²) in [4.78, 5) is 12.3. The Balaban J connectivity index is 2.09. The summed E-state index contributed by atoms with van der Waals surface area (Å²) in [6.07, 6.45) is 1.81. The predicted molar refractivity (Wildman–Crippen MR) is 75.6 cm³/mol. The van der Waals surface area contributed by atoms with E-state index >= 15 is 0 Å². The van der Waals surface area contributed by atoms with Gasteiger partial charge in [-0.3, -0.25) is 4.79 Å². The van der Waals surface area contributed by atoms with Gasteiger partial charge in [-0.15, -0.1) is 0 Å². The molecule has 96 valence electrons. The second-order valence-electron chi connectivity index (χ2n) is 5.55. The van der Waals surface area contributed by atoms with Crippen molar-refractivity contribution in [2.24, 2.45) is 11.8 Å². The maximum absolute atomic E-state index is 12.3. The molecule has 18 heavy (non-hydrogen) atoms. The van der Waals surface area contributed by atoms with Crippen LogP contribution in [0, 0.1) is 25.7 Å². The summed E-state index contributed by atoms with van der Waals surface area (Å²) < 4.78 is 0. The van der Waals surface area contributed by atoms with Crippen molar-refractivity contribution in [3.63, 3.8) is 0 Å². The van der Waals surface area contributed by atoms with Gasteiger partial charge < -0.3 is 5.32 Å². The molecule has 0 heterocycles. The first-order valence-electron chi connectivity index (χ1n) is 6.52. The van der Waals surface area contributed by atoms with E-state index in [-0.39, 0.29) is 11.8 Å². The third-order valence-corrected chi connectivity index (χ3v) is 3.78. The Morgan fingerprint density at radius 1 is 1.33 bits per heavy atom. The van der Waals surface area contributed by atoms with Crippen LogP contribution in [0.3, 0.4) is 0 Å². The molecular weight excluding hydrogens is 222 g/mol. The fourth-order valence-corrected chi connectivity index (χ4v) is 2.72. The average molecular weight is 243 g/mol. The molecule has 0 unspecified atom stereocenters. The van der Waals surface area contributed by atoms with Gasteiger partial charge in [0.2, 0.25) is 5.91 Å². The highest BCUT2D eigenvalue weighted by molar-refractivity contribution is 5.93. The molecule has 1 saturated carbocycles. The first-order chi connectivity index (χ1) is 8.47. The molecule has 2 rings (SSSR count). The van der Waals surface area contributed by atoms with Crippen LogP contribution in [0.4, 0.5) is 5.69 Å². The number of carbonyl (C=O) groups excluding carboxylic acids is 1. The molecule has 2 heteroatoms. The summed E-state index contributed by atoms with van der Waals surface area (Å²) in [5.41, 5.74) is 4.46. The van der Waals surface area contributed by atoms with Crippen LogP contribution in [0.2, 0.25) is 0 Å². The number of aryl methyl sites for hydroxylation is 2. The van der Waals surface area contributed by atoms with Gasteiger partial charge in [0.05, 0.1) is 0 Å². The molecule has 1 aliphatic rings. The minimum Gasteiger partial charge on any atom is -0.326 e. The summed E-state index contributed by atoms with van der Waals surface area (Å²) in [7, 11) is 0. The zero-order valence-corrected chi connectivity index (χ0v) is 11.4. The van der Waals surface area contributed by atoms with Crippen LogP contribution in [0.15, 0.2) is 30.4 Å². The van der Waals surface area contributed by atoms with Crippen LogP contribution >= 0.6 is 0 Å². The average Bonchev–Trinajstić information content (AvgIpc) is 2.62. The molecule has 0 radical (unpaired) electrons. The lowest BCUT2D eigenvalue weighted by molar-refractivity contribution is -0.120. The minimum atomic E-state index is 0.0817. The fraction of sp³-hybridized carbons (Fsp3) is 0.438. The monoisotopic (exact) mass is 243 g/mol. The fourth-order valence-electron chi connectivity index (χ4n) is 2.72. The van der Waals surface area contributed by atoms with E-state index < -0.39 is 0 Å². The van der Waals surface area contributed by atoms with E-state index in [1.54, 1.807) is 0 Å². The molecule has 1 aromatic rings. The van der Waals surface area contributed by atoms with Crippen molar-refractivity contribution < 1.29 is 4.79 Å². The number of hydrogen-bond donors (Lipinski definition) is 1. The van der Waals surface area contributed by atoms with Crippen molar-refractivity contribution in [2.75, 3.05) is 5.32 Å². The van der Waals surface area contributed by atoms with Gasteiger partial charge in [0.1, 0.15) is 0 Å². The molecule has 0 saturated heterocycles. The number of hydrogen-bond acceptors (Lipinski definition) is 1. The molecule has 1 aromatic carbocycles. The van der Waals surface area contributed by atoms with Gasteiger partial charge in [-0.1, -0.05) is 36.8 Å². The van der Waals surface area contributed by atoms with E-state index in [0.29, 0.717) is 5.92 Å². The zero-order valence-electron chi connectivity index (χ0n) is 11.4. The SMILES string of the molecule is C=C1C[C@H](C(=O)Nc2ccc(C)cc2C)[C@@H](C)C1. The normalized spacial score (nSPS) is 23.2. The topological polar surface area (TPSA) is 29.1 Å². The first-order valence-corrected chi connectivity index (χ1v) is 6.52. The Bertz CT molecular complexity index is 490. The van der Waals surface area contributed by atoms with Gasteiger partial charge in [0.25, 0.3) is 0 Å². The van der Waals surface area contributed by atoms with Gasteiger partial charge in [-0.05, 0) is 44.2 Å². The second-order valence-corrected chi connectivity index (χ2v) is 5.55. The quantitative estimate of drug-likeness (QED) is 0.785. The van der Waals surface area contributed by atoms with Gasteiger partial charge >= 0.3 is 0 Å². The molecule has 1 amide bonds. The van der Waals surface area contributed by atoms with Gasteiger partial charge in [-0.2, -0.15) is 0 Å². The molecule has 2 nitrogen and oxygen atoms in total. The van der Waals surface area contributed by atoms with E-state index in [9.17, 15) is 4.79 Å². The van der Waals surface area contributed by atoms with E-state index in [2.05, 4.69) is 31.8 Å². The minimum absolute atomic E-state index is 0.0817. The Morgan fingerprint density at radius 2 is 2.06 bits per heavy atom. The summed E-state index contributed by atoms with van der Waals surface area (Å²) in [6, 6.07) is 6.10. The smallest absolute Gasteiger partial charge is 0.228 e. The molecule has 0 spiro atoms. The summed E-state index contributed by atoms with van der Waals surface area (Å²) in [5.74, 6) is 0.620. The molecule has 0 aliphatic heterocycles. The van der Waals surface area contributed by atoms with E-state index in [1.165, 1.54) is 11.1 Å². The third kappa shape index (κ3) is 2.63. The second kappa shape index (κ2) is 4.97. The van der Waals surface area contributed by atoms with E-state index in [0.717, 1.165) is 24.1 Å². The van der Waals surface area contributed by atoms with Gasteiger partial charge in [-0.25, -0.2) is 0 Å². The van der Waals surface area contributed by atoms with Crippen molar-refractivity contribution in [1.82, 2.24) is 0 Å². The Hall–Kier alpha value is -1.57. The van der Waals surface area contributed by atoms with Crippen LogP contribution in [-0.4, -0.2) is 5.91 Å². The third-order valence-electron chi connectivity index (χ3n) is 3.78. The number of rotatable bonds is 2. The van der Waals surface area contributed by atoms with Gasteiger partial charge in [0, 0.05) is 11.6 Å². The van der Waals surface area contributed by atoms with Crippen LogP contribution in [0.1, 0.15) is 30.9 Å². The lowest BCUT2D eigenvalue weighted by atomic mass is 9.97. The standard InChI is InChI=1S/C16H21NO/c1-10-5-6-15(13(4)7-10)17-16(18)14-9-11(2)8-12(14)3/h5-7,12,14H,2,8-9H2,1,3-4H3,(H,17,18)/t12-,14-/m0/s1. The lowest BCUT2D eigenvalue weighted by Crippen LogP contribution is -2.24. The van der Waals surface area contributed by atoms with Crippen LogP contribution in [0.25, 0.3) is 0 Å². The maximum Gasteiger partial charge on any atom is 0.228 e. The summed E-state index contributed by atoms with van der Waals surface area (Å²) in [6.45, 7) is 10.2. The highest BCUT2D eigenvalue weighted by atomic mass is 16.1. The number of amides is 1. The van der Waals surface area contributed by atoms with Gasteiger partial charge in [0.15, 0.2) is 0 Å². The highest BCUT2D eigenvalue weighted by Crippen LogP contribution is 2.35. The van der Waals surface area contributed by atoms with Crippen molar-refractivity contribution in [1.29, 1.82) is 0 Å². The van der Waals surface area contributed by atoms with E-state index in [4.69, 9.17) is 0 Å². The van der Waals surface area contributed by atoms with Crippen LogP contribution in [0.5, 0.6) is 0 Å². The molecule has 1 N–H and O–H groups in total. The largest absolute Gasteiger partial charge is 0.326 e. The zero-order chi connectivity index (χ0) is 13.3. The van der Waals surface area contributed by atoms with Crippen LogP contribution < -0.4 is 5.32 Å². The number of allylic oxidation sites excluding steroid dienone is 1. The number of benzene rings is 1. The number of carbonyl (C=O) groups is 1. The molecule has 2 atom stereocenters. The first kappa shape index (κ1) is 12.9. The highest BCUT2D eigenvalue weighted by Gasteiger charge is 2.31. The van der Waals surface area contributed by atoms with Crippen molar-refractivity contribution in [3.05, 3.63) is 41.5 Å². The predicted octanol–water partition coefficient (Wildman–Crippen LogP) is 3.84. The molecule has 1 fully saturated rings. The van der Waals surface area contributed by atoms with E-state index in [1.807, 2.05) is 19.1 Å². The Morgan fingerprint density at radius 3 is 2.61 bits per heavy atom. The molecular formula is C16H21NO. The molecule has 1 aliphatic carbocycles. The Labute approximate surface area is 109 Å². The molecule has 0 aromatic heterocycles. The summed E-state index contributed by atoms with van der Waals surface area (Å²) in [5, 5.41) is 3.05. The molecule has 0 bridgehead atoms. The lowest BCUT2D eigenvalue weighted by Gasteiger charge is -2.16. The van der Waals surface area contributed by atoms with Crippen molar-refractivity contribution in [3.8, 4) is 0 Å².